The van der Waals surface area contributed by atoms with Crippen molar-refractivity contribution >= 4 is 5.78 Å². The van der Waals surface area contributed by atoms with E-state index in [0.717, 1.165) is 11.3 Å². The van der Waals surface area contributed by atoms with Gasteiger partial charge >= 0.3 is 0 Å². The standard InChI is InChI=1S/C13H11N3O2/c14-6-8-11(9-2-1-5-16-9)7-3-4-10(17)12(7)18-13(8)15/h1-2,5,11,16H,3-4,15H2. The molecule has 1 aliphatic carbocycles. The van der Waals surface area contributed by atoms with Crippen LogP contribution in [-0.4, -0.2) is 10.8 Å². The smallest absolute Gasteiger partial charge is 0.205 e. The number of ketones is 1. The van der Waals surface area contributed by atoms with Gasteiger partial charge in [-0.2, -0.15) is 5.26 Å². The molecule has 1 aromatic rings. The van der Waals surface area contributed by atoms with Gasteiger partial charge in [-0.3, -0.25) is 4.79 Å². The topological polar surface area (TPSA) is 91.9 Å². The molecular weight excluding hydrogens is 230 g/mol. The number of hydrogen-bond donors (Lipinski definition) is 2. The SMILES string of the molecule is N#CC1=C(N)OC2=C(CCC2=O)C1c1ccc[nH]1. The predicted molar refractivity (Wildman–Crippen MR) is 62.7 cm³/mol. The molecule has 3 N–H and O–H groups in total. The Labute approximate surface area is 104 Å². The second kappa shape index (κ2) is 3.77. The van der Waals surface area contributed by atoms with E-state index in [4.69, 9.17) is 10.5 Å². The average Bonchev–Trinajstić information content (AvgIpc) is 2.99. The minimum atomic E-state index is -0.278. The summed E-state index contributed by atoms with van der Waals surface area (Å²) in [4.78, 5) is 14.8. The van der Waals surface area contributed by atoms with E-state index in [1.807, 2.05) is 12.1 Å². The number of allylic oxidation sites excluding steroid dienone is 3. The van der Waals surface area contributed by atoms with Crippen LogP contribution in [0.1, 0.15) is 24.5 Å². The number of aromatic nitrogens is 1. The monoisotopic (exact) mass is 241 g/mol. The number of nitrogens with two attached hydrogens (primary N) is 1. The number of H-pyrrole nitrogens is 1. The second-order valence-electron chi connectivity index (χ2n) is 4.33. The van der Waals surface area contributed by atoms with Gasteiger partial charge < -0.3 is 15.5 Å². The average molecular weight is 241 g/mol. The lowest BCUT2D eigenvalue weighted by atomic mass is 9.86. The minimum absolute atomic E-state index is 0.0334. The number of hydrogen-bond acceptors (Lipinski definition) is 4. The zero-order valence-electron chi connectivity index (χ0n) is 9.56. The normalized spacial score (nSPS) is 22.8. The lowest BCUT2D eigenvalue weighted by Crippen LogP contribution is -2.20. The van der Waals surface area contributed by atoms with E-state index in [-0.39, 0.29) is 17.6 Å². The summed E-state index contributed by atoms with van der Waals surface area (Å²) >= 11 is 0. The third kappa shape index (κ3) is 1.36. The maximum atomic E-state index is 11.7. The van der Waals surface area contributed by atoms with Crippen molar-refractivity contribution in [1.29, 1.82) is 5.26 Å². The van der Waals surface area contributed by atoms with Gasteiger partial charge in [-0.25, -0.2) is 0 Å². The molecule has 5 nitrogen and oxygen atoms in total. The fraction of sp³-hybridized carbons (Fsp3) is 0.231. The van der Waals surface area contributed by atoms with Gasteiger partial charge in [0, 0.05) is 18.3 Å². The first-order chi connectivity index (χ1) is 8.72. The first kappa shape index (κ1) is 10.7. The van der Waals surface area contributed by atoms with E-state index < -0.39 is 0 Å². The predicted octanol–water partition coefficient (Wildman–Crippen LogP) is 1.44. The fourth-order valence-electron chi connectivity index (χ4n) is 2.52. The van der Waals surface area contributed by atoms with Gasteiger partial charge in [-0.1, -0.05) is 0 Å². The molecule has 18 heavy (non-hydrogen) atoms. The van der Waals surface area contributed by atoms with Crippen molar-refractivity contribution in [2.75, 3.05) is 0 Å². The summed E-state index contributed by atoms with van der Waals surface area (Å²) < 4.78 is 5.31. The molecule has 0 bridgehead atoms. The number of nitrogens with zero attached hydrogens (tertiary/aromatic N) is 1. The molecule has 1 unspecified atom stereocenters. The van der Waals surface area contributed by atoms with Crippen LogP contribution in [-0.2, 0) is 9.53 Å². The Morgan fingerprint density at radius 2 is 2.33 bits per heavy atom. The molecule has 5 heteroatoms. The fourth-order valence-corrected chi connectivity index (χ4v) is 2.52. The summed E-state index contributed by atoms with van der Waals surface area (Å²) in [5.74, 6) is 0.0406. The molecule has 2 heterocycles. The number of Topliss-reactive ketones (excluding diaryl/α,β-unsaturated/α-hetero) is 1. The Balaban J connectivity index is 2.16. The van der Waals surface area contributed by atoms with Crippen LogP contribution < -0.4 is 5.73 Å². The molecule has 0 amide bonds. The van der Waals surface area contributed by atoms with Crippen molar-refractivity contribution in [2.24, 2.45) is 5.73 Å². The molecule has 90 valence electrons. The molecule has 1 aromatic heterocycles. The first-order valence-electron chi connectivity index (χ1n) is 5.69. The lowest BCUT2D eigenvalue weighted by Gasteiger charge is -2.24. The van der Waals surface area contributed by atoms with Crippen molar-refractivity contribution in [2.45, 2.75) is 18.8 Å². The molecular formula is C13H11N3O2. The third-order valence-corrected chi connectivity index (χ3v) is 3.33. The Hall–Kier alpha value is -2.48. The van der Waals surface area contributed by atoms with Crippen molar-refractivity contribution < 1.29 is 9.53 Å². The van der Waals surface area contributed by atoms with Gasteiger partial charge in [0.1, 0.15) is 11.6 Å². The van der Waals surface area contributed by atoms with Crippen molar-refractivity contribution in [1.82, 2.24) is 4.98 Å². The highest BCUT2D eigenvalue weighted by Gasteiger charge is 2.39. The highest BCUT2D eigenvalue weighted by Crippen LogP contribution is 2.43. The Bertz CT molecular complexity index is 617. The third-order valence-electron chi connectivity index (χ3n) is 3.33. The highest BCUT2D eigenvalue weighted by molar-refractivity contribution is 5.97. The lowest BCUT2D eigenvalue weighted by molar-refractivity contribution is -0.117. The van der Waals surface area contributed by atoms with Gasteiger partial charge in [0.15, 0.2) is 11.5 Å². The second-order valence-corrected chi connectivity index (χ2v) is 4.33. The number of carbonyl (C=O) groups is 1. The molecule has 0 spiro atoms. The van der Waals surface area contributed by atoms with Gasteiger partial charge in [-0.05, 0) is 24.1 Å². The summed E-state index contributed by atoms with van der Waals surface area (Å²) in [6, 6.07) is 5.82. The van der Waals surface area contributed by atoms with Crippen molar-refractivity contribution in [3.8, 4) is 6.07 Å². The van der Waals surface area contributed by atoms with E-state index in [0.29, 0.717) is 24.2 Å². The molecule has 3 rings (SSSR count). The van der Waals surface area contributed by atoms with Gasteiger partial charge in [0.05, 0.1) is 5.92 Å². The van der Waals surface area contributed by atoms with Gasteiger partial charge in [0.2, 0.25) is 5.88 Å². The minimum Gasteiger partial charge on any atom is -0.437 e. The van der Waals surface area contributed by atoms with Crippen molar-refractivity contribution in [3.63, 3.8) is 0 Å². The summed E-state index contributed by atoms with van der Waals surface area (Å²) in [5.41, 5.74) is 7.82. The number of nitrogens with one attached hydrogen (secondary N) is 1. The molecule has 0 saturated heterocycles. The van der Waals surface area contributed by atoms with Gasteiger partial charge in [0.25, 0.3) is 0 Å². The van der Waals surface area contributed by atoms with Crippen LogP contribution in [0.2, 0.25) is 0 Å². The van der Waals surface area contributed by atoms with Crippen LogP contribution in [0.4, 0.5) is 0 Å². The Kier molecular flexibility index (Phi) is 2.23. The molecule has 0 fully saturated rings. The number of aromatic amines is 1. The summed E-state index contributed by atoms with van der Waals surface area (Å²) in [6.07, 6.45) is 2.83. The number of rotatable bonds is 1. The van der Waals surface area contributed by atoms with Crippen molar-refractivity contribution in [3.05, 3.63) is 46.8 Å². The van der Waals surface area contributed by atoms with Crippen LogP contribution >= 0.6 is 0 Å². The van der Waals surface area contributed by atoms with E-state index in [9.17, 15) is 10.1 Å². The Morgan fingerprint density at radius 1 is 1.50 bits per heavy atom. The quantitative estimate of drug-likeness (QED) is 0.778. The first-order valence-corrected chi connectivity index (χ1v) is 5.69. The highest BCUT2D eigenvalue weighted by atomic mass is 16.5. The summed E-state index contributed by atoms with van der Waals surface area (Å²) in [6.45, 7) is 0. The van der Waals surface area contributed by atoms with E-state index >= 15 is 0 Å². The maximum absolute atomic E-state index is 11.7. The molecule has 1 atom stereocenters. The molecule has 0 saturated carbocycles. The molecule has 0 aromatic carbocycles. The van der Waals surface area contributed by atoms with Crippen LogP contribution in [0.5, 0.6) is 0 Å². The zero-order valence-corrected chi connectivity index (χ0v) is 9.56. The number of nitriles is 1. The number of carbonyl (C=O) groups excluding carboxylic acids is 1. The molecule has 2 aliphatic rings. The van der Waals surface area contributed by atoms with Crippen LogP contribution in [0.3, 0.4) is 0 Å². The van der Waals surface area contributed by atoms with Crippen LogP contribution in [0.15, 0.2) is 41.1 Å². The van der Waals surface area contributed by atoms with Crippen LogP contribution in [0.25, 0.3) is 0 Å². The molecule has 0 radical (unpaired) electrons. The van der Waals surface area contributed by atoms with Gasteiger partial charge in [-0.15, -0.1) is 0 Å². The zero-order chi connectivity index (χ0) is 12.7. The molecule has 1 aliphatic heterocycles. The largest absolute Gasteiger partial charge is 0.437 e. The summed E-state index contributed by atoms with van der Waals surface area (Å²) in [5, 5.41) is 9.23. The summed E-state index contributed by atoms with van der Waals surface area (Å²) in [7, 11) is 0. The number of ether oxygens (including phenoxy) is 1. The van der Waals surface area contributed by atoms with E-state index in [1.165, 1.54) is 0 Å². The van der Waals surface area contributed by atoms with E-state index in [2.05, 4.69) is 11.1 Å². The Morgan fingerprint density at radius 3 is 3.00 bits per heavy atom. The van der Waals surface area contributed by atoms with Crippen LogP contribution in [0, 0.1) is 11.3 Å². The van der Waals surface area contributed by atoms with E-state index in [1.54, 1.807) is 6.20 Å². The maximum Gasteiger partial charge on any atom is 0.205 e.